The van der Waals surface area contributed by atoms with Crippen molar-refractivity contribution >= 4 is 11.9 Å². The molecule has 0 aromatic heterocycles. The Hall–Kier alpha value is -2.82. The monoisotopic (exact) mass is 369 g/mol. The molecule has 144 valence electrons. The largest absolute Gasteiger partial charge is 0.497 e. The van der Waals surface area contributed by atoms with Gasteiger partial charge in [0.15, 0.2) is 6.10 Å². The number of hydrogen-bond acceptors (Lipinski definition) is 4. The summed E-state index contributed by atoms with van der Waals surface area (Å²) in [5, 5.41) is 2.90. The maximum Gasteiger partial charge on any atom is 0.311 e. The molecule has 0 fully saturated rings. The number of hydrogen-bond donors (Lipinski definition) is 1. The Morgan fingerprint density at radius 1 is 0.963 bits per heavy atom. The van der Waals surface area contributed by atoms with Crippen molar-refractivity contribution < 1.29 is 19.1 Å². The molecule has 0 aliphatic rings. The van der Waals surface area contributed by atoms with Gasteiger partial charge in [0.2, 0.25) is 0 Å². The van der Waals surface area contributed by atoms with Gasteiger partial charge in [0.1, 0.15) is 5.75 Å². The standard InChI is InChI=1S/C22H27NO4/c1-16(9-10-18-7-5-4-6-8-18)23-22(25)17(2)27-21(24)15-19-11-13-20(26-3)14-12-19/h4-8,11-14,16-17H,9-10,15H2,1-3H3,(H,23,25)/t16-,17+/m1/s1. The molecule has 5 heteroatoms. The molecule has 2 rings (SSSR count). The van der Waals surface area contributed by atoms with Gasteiger partial charge in [0.25, 0.3) is 5.91 Å². The third kappa shape index (κ3) is 7.13. The lowest BCUT2D eigenvalue weighted by atomic mass is 10.1. The highest BCUT2D eigenvalue weighted by molar-refractivity contribution is 5.84. The van der Waals surface area contributed by atoms with Gasteiger partial charge in [0, 0.05) is 6.04 Å². The Labute approximate surface area is 160 Å². The number of benzene rings is 2. The fraction of sp³-hybridized carbons (Fsp3) is 0.364. The topological polar surface area (TPSA) is 64.6 Å². The Kier molecular flexibility index (Phi) is 7.86. The zero-order valence-corrected chi connectivity index (χ0v) is 16.1. The molecule has 0 aliphatic carbocycles. The number of amides is 1. The molecule has 0 heterocycles. The van der Waals surface area contributed by atoms with Gasteiger partial charge >= 0.3 is 5.97 Å². The van der Waals surface area contributed by atoms with Crippen LogP contribution in [-0.4, -0.2) is 31.1 Å². The lowest BCUT2D eigenvalue weighted by Gasteiger charge is -2.18. The van der Waals surface area contributed by atoms with E-state index in [0.29, 0.717) is 0 Å². The highest BCUT2D eigenvalue weighted by Gasteiger charge is 2.19. The van der Waals surface area contributed by atoms with E-state index in [1.165, 1.54) is 5.56 Å². The molecular formula is C22H27NO4. The van der Waals surface area contributed by atoms with E-state index in [1.54, 1.807) is 38.3 Å². The summed E-state index contributed by atoms with van der Waals surface area (Å²) in [5.41, 5.74) is 2.04. The minimum Gasteiger partial charge on any atom is -0.497 e. The van der Waals surface area contributed by atoms with Gasteiger partial charge in [-0.15, -0.1) is 0 Å². The Balaban J connectivity index is 1.74. The minimum atomic E-state index is -0.824. The van der Waals surface area contributed by atoms with Crippen LogP contribution in [0.2, 0.25) is 0 Å². The van der Waals surface area contributed by atoms with E-state index in [0.717, 1.165) is 24.2 Å². The molecule has 0 saturated carbocycles. The fourth-order valence-corrected chi connectivity index (χ4v) is 2.66. The highest BCUT2D eigenvalue weighted by atomic mass is 16.5. The van der Waals surface area contributed by atoms with Crippen LogP contribution in [0, 0.1) is 0 Å². The van der Waals surface area contributed by atoms with E-state index in [-0.39, 0.29) is 18.4 Å². The van der Waals surface area contributed by atoms with Crippen molar-refractivity contribution in [2.24, 2.45) is 0 Å². The van der Waals surface area contributed by atoms with Crippen molar-refractivity contribution in [1.82, 2.24) is 5.32 Å². The number of carbonyl (C=O) groups excluding carboxylic acids is 2. The normalized spacial score (nSPS) is 12.7. The Morgan fingerprint density at radius 3 is 2.26 bits per heavy atom. The van der Waals surface area contributed by atoms with E-state index in [4.69, 9.17) is 9.47 Å². The van der Waals surface area contributed by atoms with E-state index in [2.05, 4.69) is 17.4 Å². The van der Waals surface area contributed by atoms with Crippen LogP contribution < -0.4 is 10.1 Å². The van der Waals surface area contributed by atoms with Gasteiger partial charge in [-0.3, -0.25) is 9.59 Å². The molecule has 1 amide bonds. The molecule has 2 atom stereocenters. The van der Waals surface area contributed by atoms with Crippen LogP contribution in [-0.2, 0) is 27.2 Å². The summed E-state index contributed by atoms with van der Waals surface area (Å²) in [6.07, 6.45) is 0.997. The third-order valence-corrected chi connectivity index (χ3v) is 4.28. The molecule has 2 aromatic rings. The third-order valence-electron chi connectivity index (χ3n) is 4.28. The minimum absolute atomic E-state index is 0.000413. The summed E-state index contributed by atoms with van der Waals surface area (Å²) >= 11 is 0. The molecule has 0 saturated heterocycles. The van der Waals surface area contributed by atoms with E-state index in [1.807, 2.05) is 25.1 Å². The maximum atomic E-state index is 12.2. The van der Waals surface area contributed by atoms with Crippen LogP contribution in [0.25, 0.3) is 0 Å². The van der Waals surface area contributed by atoms with E-state index in [9.17, 15) is 9.59 Å². The highest BCUT2D eigenvalue weighted by Crippen LogP contribution is 2.12. The van der Waals surface area contributed by atoms with Crippen molar-refractivity contribution in [3.8, 4) is 5.75 Å². The van der Waals surface area contributed by atoms with Gasteiger partial charge in [-0.25, -0.2) is 0 Å². The molecule has 2 aromatic carbocycles. The number of nitrogens with one attached hydrogen (secondary N) is 1. The first-order chi connectivity index (χ1) is 13.0. The zero-order chi connectivity index (χ0) is 19.6. The molecule has 0 bridgehead atoms. The first-order valence-electron chi connectivity index (χ1n) is 9.14. The summed E-state index contributed by atoms with van der Waals surface area (Å²) in [7, 11) is 1.59. The van der Waals surface area contributed by atoms with Gasteiger partial charge in [0.05, 0.1) is 13.5 Å². The predicted octanol–water partition coefficient (Wildman–Crippen LogP) is 3.31. The molecule has 0 aliphatic heterocycles. The smallest absolute Gasteiger partial charge is 0.311 e. The van der Waals surface area contributed by atoms with Crippen molar-refractivity contribution in [3.63, 3.8) is 0 Å². The van der Waals surface area contributed by atoms with Crippen LogP contribution in [0.1, 0.15) is 31.4 Å². The van der Waals surface area contributed by atoms with Gasteiger partial charge < -0.3 is 14.8 Å². The lowest BCUT2D eigenvalue weighted by Crippen LogP contribution is -2.41. The SMILES string of the molecule is COc1ccc(CC(=O)O[C@@H](C)C(=O)N[C@H](C)CCc2ccccc2)cc1. The average Bonchev–Trinajstić information content (AvgIpc) is 2.67. The zero-order valence-electron chi connectivity index (χ0n) is 16.1. The second-order valence-electron chi connectivity index (χ2n) is 6.59. The predicted molar refractivity (Wildman–Crippen MR) is 105 cm³/mol. The first kappa shape index (κ1) is 20.5. The molecule has 27 heavy (non-hydrogen) atoms. The second kappa shape index (κ2) is 10.4. The summed E-state index contributed by atoms with van der Waals surface area (Å²) in [6.45, 7) is 3.54. The number of carbonyl (C=O) groups is 2. The quantitative estimate of drug-likeness (QED) is 0.689. The summed E-state index contributed by atoms with van der Waals surface area (Å²) in [6, 6.07) is 17.3. The number of esters is 1. The summed E-state index contributed by atoms with van der Waals surface area (Å²) in [4.78, 5) is 24.3. The average molecular weight is 369 g/mol. The molecular weight excluding hydrogens is 342 g/mol. The van der Waals surface area contributed by atoms with Crippen LogP contribution in [0.3, 0.4) is 0 Å². The van der Waals surface area contributed by atoms with E-state index < -0.39 is 12.1 Å². The number of methoxy groups -OCH3 is 1. The summed E-state index contributed by atoms with van der Waals surface area (Å²) in [5.74, 6) is 0.0164. The number of aryl methyl sites for hydroxylation is 1. The number of rotatable bonds is 9. The van der Waals surface area contributed by atoms with Crippen LogP contribution in [0.5, 0.6) is 5.75 Å². The molecule has 5 nitrogen and oxygen atoms in total. The summed E-state index contributed by atoms with van der Waals surface area (Å²) < 4.78 is 10.3. The molecule has 0 radical (unpaired) electrons. The van der Waals surface area contributed by atoms with Crippen LogP contribution >= 0.6 is 0 Å². The molecule has 1 N–H and O–H groups in total. The van der Waals surface area contributed by atoms with Crippen molar-refractivity contribution in [2.45, 2.75) is 45.3 Å². The van der Waals surface area contributed by atoms with Crippen molar-refractivity contribution in [2.75, 3.05) is 7.11 Å². The Bertz CT molecular complexity index is 728. The maximum absolute atomic E-state index is 12.2. The molecule has 0 unspecified atom stereocenters. The van der Waals surface area contributed by atoms with Gasteiger partial charge in [-0.1, -0.05) is 42.5 Å². The van der Waals surface area contributed by atoms with Crippen molar-refractivity contribution in [1.29, 1.82) is 0 Å². The lowest BCUT2D eigenvalue weighted by molar-refractivity contribution is -0.154. The Morgan fingerprint density at radius 2 is 1.63 bits per heavy atom. The van der Waals surface area contributed by atoms with Gasteiger partial charge in [-0.05, 0) is 49.9 Å². The number of ether oxygens (including phenoxy) is 2. The molecule has 0 spiro atoms. The van der Waals surface area contributed by atoms with E-state index >= 15 is 0 Å². The van der Waals surface area contributed by atoms with Gasteiger partial charge in [-0.2, -0.15) is 0 Å². The fourth-order valence-electron chi connectivity index (χ4n) is 2.66. The first-order valence-corrected chi connectivity index (χ1v) is 9.14. The van der Waals surface area contributed by atoms with Crippen LogP contribution in [0.4, 0.5) is 0 Å². The second-order valence-corrected chi connectivity index (χ2v) is 6.59. The van der Waals surface area contributed by atoms with Crippen LogP contribution in [0.15, 0.2) is 54.6 Å². The van der Waals surface area contributed by atoms with Crippen molar-refractivity contribution in [3.05, 3.63) is 65.7 Å².